The fraction of sp³-hybridized carbons (Fsp3) is 0.500. The molecular weight excluding hydrogens is 448 g/mol. The highest BCUT2D eigenvalue weighted by Gasteiger charge is 2.36. The van der Waals surface area contributed by atoms with Crippen molar-refractivity contribution in [3.63, 3.8) is 0 Å². The van der Waals surface area contributed by atoms with E-state index in [0.717, 1.165) is 19.3 Å². The predicted molar refractivity (Wildman–Crippen MR) is 121 cm³/mol. The number of halogens is 1. The van der Waals surface area contributed by atoms with E-state index in [1.807, 2.05) is 0 Å². The second-order valence-electron chi connectivity index (χ2n) is 8.85. The van der Waals surface area contributed by atoms with Crippen LogP contribution >= 0.6 is 11.6 Å². The molecule has 176 valence electrons. The Morgan fingerprint density at radius 1 is 1.21 bits per heavy atom. The van der Waals surface area contributed by atoms with Crippen LogP contribution in [0.15, 0.2) is 18.3 Å². The minimum absolute atomic E-state index is 0.120. The normalized spacial score (nSPS) is 20.2. The lowest BCUT2D eigenvalue weighted by Crippen LogP contribution is -2.50. The molecule has 2 fully saturated rings. The van der Waals surface area contributed by atoms with Gasteiger partial charge < -0.3 is 26.7 Å². The van der Waals surface area contributed by atoms with Crippen LogP contribution in [0.2, 0.25) is 5.15 Å². The summed E-state index contributed by atoms with van der Waals surface area (Å²) < 4.78 is 1.57. The third-order valence-corrected chi connectivity index (χ3v) is 6.60. The van der Waals surface area contributed by atoms with Crippen LogP contribution in [0.1, 0.15) is 55.1 Å². The molecule has 0 aromatic carbocycles. The van der Waals surface area contributed by atoms with Crippen molar-refractivity contribution in [3.05, 3.63) is 29.2 Å². The second kappa shape index (κ2) is 9.38. The average Bonchev–Trinajstić information content (AvgIpc) is 3.51. The maximum absolute atomic E-state index is 13.5. The first-order chi connectivity index (χ1) is 15.7. The molecule has 3 atom stereocenters. The van der Waals surface area contributed by atoms with Crippen LogP contribution in [0.5, 0.6) is 0 Å². The van der Waals surface area contributed by atoms with Gasteiger partial charge in [-0.05, 0) is 43.7 Å². The minimum atomic E-state index is -1.01. The Hall–Kier alpha value is -3.14. The SMILES string of the molecule is NC(=O)c1cc2cc(Cl)ncc2n1[C@@H](CC1CC1)C(=O)N[C@@H](C[C@@H]1CCCNC1=O)C(N)=O. The lowest BCUT2D eigenvalue weighted by molar-refractivity contribution is -0.132. The Balaban J connectivity index is 1.65. The van der Waals surface area contributed by atoms with Gasteiger partial charge in [0.15, 0.2) is 0 Å². The van der Waals surface area contributed by atoms with Gasteiger partial charge in [0.05, 0.1) is 11.7 Å². The van der Waals surface area contributed by atoms with E-state index in [0.29, 0.717) is 36.2 Å². The summed E-state index contributed by atoms with van der Waals surface area (Å²) in [6, 6.07) is 1.36. The number of hydrogen-bond acceptors (Lipinski definition) is 5. The third kappa shape index (κ3) is 5.11. The molecule has 6 N–H and O–H groups in total. The summed E-state index contributed by atoms with van der Waals surface area (Å²) in [7, 11) is 0. The number of nitrogens with zero attached hydrogens (tertiary/aromatic N) is 2. The molecular formula is C22H27ClN6O4. The fourth-order valence-corrected chi connectivity index (χ4v) is 4.65. The molecule has 3 heterocycles. The molecule has 1 aliphatic carbocycles. The van der Waals surface area contributed by atoms with Gasteiger partial charge in [-0.2, -0.15) is 0 Å². The number of hydrogen-bond donors (Lipinski definition) is 4. The smallest absolute Gasteiger partial charge is 0.265 e. The van der Waals surface area contributed by atoms with E-state index in [1.54, 1.807) is 16.7 Å². The first-order valence-electron chi connectivity index (χ1n) is 11.1. The van der Waals surface area contributed by atoms with Gasteiger partial charge in [-0.25, -0.2) is 4.98 Å². The van der Waals surface area contributed by atoms with Crippen molar-refractivity contribution in [1.82, 2.24) is 20.2 Å². The standard InChI is InChI=1S/C22H27ClN6O4/c23-18-9-13-8-15(20(25)31)29(17(13)10-27-18)16(6-11-3-4-11)22(33)28-14(19(24)30)7-12-2-1-5-26-21(12)32/h8-12,14,16H,1-7H2,(H2,24,30)(H2,25,31)(H,26,32)(H,28,33)/t12-,14-,16-/m0/s1. The summed E-state index contributed by atoms with van der Waals surface area (Å²) in [6.07, 6.45) is 5.45. The second-order valence-corrected chi connectivity index (χ2v) is 9.24. The molecule has 0 spiro atoms. The van der Waals surface area contributed by atoms with Gasteiger partial charge >= 0.3 is 0 Å². The summed E-state index contributed by atoms with van der Waals surface area (Å²) >= 11 is 6.00. The maximum Gasteiger partial charge on any atom is 0.265 e. The monoisotopic (exact) mass is 474 g/mol. The van der Waals surface area contributed by atoms with Crippen molar-refractivity contribution in [2.24, 2.45) is 23.3 Å². The van der Waals surface area contributed by atoms with Gasteiger partial charge in [-0.1, -0.05) is 24.4 Å². The van der Waals surface area contributed by atoms with Crippen LogP contribution < -0.4 is 22.1 Å². The number of primary amides is 2. The van der Waals surface area contributed by atoms with Gasteiger partial charge in [0.2, 0.25) is 17.7 Å². The molecule has 2 aromatic heterocycles. The lowest BCUT2D eigenvalue weighted by Gasteiger charge is -2.27. The highest BCUT2D eigenvalue weighted by Crippen LogP contribution is 2.39. The summed E-state index contributed by atoms with van der Waals surface area (Å²) in [4.78, 5) is 54.1. The molecule has 4 rings (SSSR count). The first kappa shape index (κ1) is 23.0. The molecule has 1 saturated heterocycles. The topological polar surface area (TPSA) is 162 Å². The van der Waals surface area contributed by atoms with Crippen molar-refractivity contribution in [3.8, 4) is 0 Å². The van der Waals surface area contributed by atoms with Gasteiger partial charge in [0, 0.05) is 17.8 Å². The van der Waals surface area contributed by atoms with Gasteiger partial charge in [-0.3, -0.25) is 19.2 Å². The van der Waals surface area contributed by atoms with Gasteiger partial charge in [-0.15, -0.1) is 0 Å². The number of pyridine rings is 1. The molecule has 4 amide bonds. The van der Waals surface area contributed by atoms with Crippen molar-refractivity contribution in [2.75, 3.05) is 6.54 Å². The zero-order chi connectivity index (χ0) is 23.7. The summed E-state index contributed by atoms with van der Waals surface area (Å²) in [6.45, 7) is 0.598. The molecule has 1 saturated carbocycles. The molecule has 0 radical (unpaired) electrons. The predicted octanol–water partition coefficient (Wildman–Crippen LogP) is 1.02. The number of fused-ring (bicyclic) bond motifs is 1. The molecule has 11 heteroatoms. The van der Waals surface area contributed by atoms with Crippen LogP contribution in [-0.4, -0.2) is 45.8 Å². The number of rotatable bonds is 9. The van der Waals surface area contributed by atoms with E-state index < -0.39 is 35.7 Å². The van der Waals surface area contributed by atoms with Crippen molar-refractivity contribution < 1.29 is 19.2 Å². The van der Waals surface area contributed by atoms with E-state index in [2.05, 4.69) is 15.6 Å². The molecule has 2 aromatic rings. The molecule has 2 aliphatic rings. The Bertz CT molecular complexity index is 1110. The highest BCUT2D eigenvalue weighted by molar-refractivity contribution is 6.30. The molecule has 33 heavy (non-hydrogen) atoms. The first-order valence-corrected chi connectivity index (χ1v) is 11.5. The minimum Gasteiger partial charge on any atom is -0.368 e. The quantitative estimate of drug-likeness (QED) is 0.398. The number of aromatic nitrogens is 2. The fourth-order valence-electron chi connectivity index (χ4n) is 4.48. The van der Waals surface area contributed by atoms with Crippen LogP contribution in [0.25, 0.3) is 10.9 Å². The number of piperidine rings is 1. The average molecular weight is 475 g/mol. The Morgan fingerprint density at radius 3 is 2.61 bits per heavy atom. The van der Waals surface area contributed by atoms with Gasteiger partial charge in [0.1, 0.15) is 22.9 Å². The summed E-state index contributed by atoms with van der Waals surface area (Å²) in [5.74, 6) is -2.11. The van der Waals surface area contributed by atoms with Crippen molar-refractivity contribution in [1.29, 1.82) is 0 Å². The molecule has 1 aliphatic heterocycles. The number of nitrogens with two attached hydrogens (primary N) is 2. The Labute approximate surface area is 195 Å². The van der Waals surface area contributed by atoms with Crippen molar-refractivity contribution >= 4 is 46.1 Å². The number of carbonyl (C=O) groups excluding carboxylic acids is 4. The number of nitrogens with one attached hydrogen (secondary N) is 2. The van der Waals surface area contributed by atoms with E-state index >= 15 is 0 Å². The van der Waals surface area contributed by atoms with E-state index in [9.17, 15) is 19.2 Å². The lowest BCUT2D eigenvalue weighted by atomic mass is 9.91. The summed E-state index contributed by atoms with van der Waals surface area (Å²) in [5, 5.41) is 6.39. The Morgan fingerprint density at radius 2 is 1.97 bits per heavy atom. The Kier molecular flexibility index (Phi) is 6.55. The van der Waals surface area contributed by atoms with Crippen LogP contribution in [0.4, 0.5) is 0 Å². The highest BCUT2D eigenvalue weighted by atomic mass is 35.5. The van der Waals surface area contributed by atoms with Crippen molar-refractivity contribution in [2.45, 2.75) is 50.6 Å². The zero-order valence-corrected chi connectivity index (χ0v) is 18.8. The largest absolute Gasteiger partial charge is 0.368 e. The molecule has 10 nitrogen and oxygen atoms in total. The van der Waals surface area contributed by atoms with Gasteiger partial charge in [0.25, 0.3) is 5.91 Å². The van der Waals surface area contributed by atoms with E-state index in [-0.39, 0.29) is 23.2 Å². The van der Waals surface area contributed by atoms with Crippen LogP contribution in [-0.2, 0) is 14.4 Å². The molecule has 0 bridgehead atoms. The van der Waals surface area contributed by atoms with Crippen LogP contribution in [0.3, 0.4) is 0 Å². The molecule has 0 unspecified atom stereocenters. The van der Waals surface area contributed by atoms with E-state index in [1.165, 1.54) is 6.20 Å². The summed E-state index contributed by atoms with van der Waals surface area (Å²) in [5.41, 5.74) is 11.9. The van der Waals surface area contributed by atoms with E-state index in [4.69, 9.17) is 23.1 Å². The number of amides is 4. The zero-order valence-electron chi connectivity index (χ0n) is 18.1. The maximum atomic E-state index is 13.5. The third-order valence-electron chi connectivity index (χ3n) is 6.39. The number of carbonyl (C=O) groups is 4. The van der Waals surface area contributed by atoms with Crippen LogP contribution in [0, 0.1) is 11.8 Å².